The molecule has 1 aromatic rings. The number of benzene rings is 1. The minimum atomic E-state index is -3.83. The molecule has 1 aliphatic heterocycles. The number of ether oxygens (including phenoxy) is 2. The van der Waals surface area contributed by atoms with E-state index < -0.39 is 45.1 Å². The third-order valence-electron chi connectivity index (χ3n) is 5.15. The minimum absolute atomic E-state index is 0.0225. The number of sulfone groups is 1. The van der Waals surface area contributed by atoms with Crippen LogP contribution in [0.5, 0.6) is 0 Å². The summed E-state index contributed by atoms with van der Waals surface area (Å²) < 4.78 is 36.1. The molecule has 38 heavy (non-hydrogen) atoms. The van der Waals surface area contributed by atoms with Gasteiger partial charge in [-0.1, -0.05) is 0 Å². The van der Waals surface area contributed by atoms with Crippen molar-refractivity contribution in [3.8, 4) is 0 Å². The highest BCUT2D eigenvalue weighted by Gasteiger charge is 2.29. The predicted molar refractivity (Wildman–Crippen MR) is 144 cm³/mol. The summed E-state index contributed by atoms with van der Waals surface area (Å²) in [5.74, 6) is -1.46. The summed E-state index contributed by atoms with van der Waals surface area (Å²) in [6.07, 6.45) is 0.643. The van der Waals surface area contributed by atoms with Crippen LogP contribution < -0.4 is 27.0 Å². The van der Waals surface area contributed by atoms with E-state index in [-0.39, 0.29) is 27.9 Å². The number of hydrogen-bond acceptors (Lipinski definition) is 8. The molecule has 0 aliphatic carbocycles. The van der Waals surface area contributed by atoms with E-state index in [1.165, 1.54) is 6.07 Å². The number of aliphatic imine (C=N–C) groups is 1. The first kappa shape index (κ1) is 30.7. The number of rotatable bonds is 5. The van der Waals surface area contributed by atoms with Crippen LogP contribution in [0.25, 0.3) is 0 Å². The summed E-state index contributed by atoms with van der Waals surface area (Å²) in [5.41, 5.74) is 9.26. The molecule has 13 nitrogen and oxygen atoms in total. The van der Waals surface area contributed by atoms with Crippen LogP contribution in [0.1, 0.15) is 64.7 Å². The molecule has 0 aromatic heterocycles. The van der Waals surface area contributed by atoms with Gasteiger partial charge in [-0.25, -0.2) is 18.0 Å². The van der Waals surface area contributed by atoms with Crippen molar-refractivity contribution in [2.45, 2.75) is 76.5 Å². The van der Waals surface area contributed by atoms with Crippen LogP contribution in [0, 0.1) is 0 Å². The van der Waals surface area contributed by atoms with Crippen molar-refractivity contribution in [2.24, 2.45) is 16.5 Å². The number of nitrogens with two attached hydrogens (primary N) is 2. The number of nitrogens with one attached hydrogen (secondary N) is 2. The van der Waals surface area contributed by atoms with Crippen molar-refractivity contribution in [1.29, 1.82) is 0 Å². The maximum absolute atomic E-state index is 12.8. The van der Waals surface area contributed by atoms with Gasteiger partial charge in [-0.3, -0.25) is 10.1 Å². The van der Waals surface area contributed by atoms with Gasteiger partial charge in [0.1, 0.15) is 11.2 Å². The van der Waals surface area contributed by atoms with Crippen molar-refractivity contribution >= 4 is 45.3 Å². The highest BCUT2D eigenvalue weighted by atomic mass is 32.2. The first-order chi connectivity index (χ1) is 17.2. The Morgan fingerprint density at radius 1 is 0.974 bits per heavy atom. The van der Waals surface area contributed by atoms with Crippen LogP contribution in [0.3, 0.4) is 0 Å². The molecule has 0 bridgehead atoms. The molecule has 0 atom stereocenters. The van der Waals surface area contributed by atoms with E-state index >= 15 is 0 Å². The van der Waals surface area contributed by atoms with Gasteiger partial charge < -0.3 is 31.2 Å². The zero-order chi connectivity index (χ0) is 29.1. The predicted octanol–water partition coefficient (Wildman–Crippen LogP) is 2.34. The lowest BCUT2D eigenvalue weighted by molar-refractivity contribution is 0.0496. The minimum Gasteiger partial charge on any atom is -0.444 e. The van der Waals surface area contributed by atoms with Gasteiger partial charge in [-0.15, -0.1) is 0 Å². The average Bonchev–Trinajstić information content (AvgIpc) is 2.69. The Labute approximate surface area is 223 Å². The van der Waals surface area contributed by atoms with Crippen LogP contribution in [0.2, 0.25) is 0 Å². The van der Waals surface area contributed by atoms with E-state index in [4.69, 9.17) is 20.9 Å². The van der Waals surface area contributed by atoms with Crippen LogP contribution in [-0.2, 0) is 19.3 Å². The second-order valence-corrected chi connectivity index (χ2v) is 13.0. The number of nitrogens with zero attached hydrogens (tertiary/aromatic N) is 2. The number of anilines is 2. The number of alkyl carbamates (subject to hydrolysis) is 1. The highest BCUT2D eigenvalue weighted by Crippen LogP contribution is 2.34. The molecule has 1 aliphatic rings. The van der Waals surface area contributed by atoms with Gasteiger partial charge in [0, 0.05) is 25.4 Å². The summed E-state index contributed by atoms with van der Waals surface area (Å²) in [7, 11) is -3.83. The number of carbonyl (C=O) groups excluding carboxylic acids is 3. The lowest BCUT2D eigenvalue weighted by Gasteiger charge is -2.35. The third kappa shape index (κ3) is 9.39. The summed E-state index contributed by atoms with van der Waals surface area (Å²) in [4.78, 5) is 42.6. The Hall–Kier alpha value is -3.55. The average molecular weight is 555 g/mol. The second kappa shape index (κ2) is 11.5. The summed E-state index contributed by atoms with van der Waals surface area (Å²) in [5, 5.41) is 5.34. The number of piperidine rings is 1. The van der Waals surface area contributed by atoms with Gasteiger partial charge in [0.2, 0.25) is 0 Å². The Balaban J connectivity index is 2.44. The van der Waals surface area contributed by atoms with Gasteiger partial charge in [0.05, 0.1) is 21.8 Å². The number of carbonyl (C=O) groups is 3. The summed E-state index contributed by atoms with van der Waals surface area (Å²) in [6.45, 7) is 11.1. The molecule has 14 heteroatoms. The SMILES string of the molecule is CC(C)(C)OC(=O)Nc1cc(N2CCC(NC(=O)OC(C)(C)C)CC2)c(S(C)(=O)=O)cc1C(=O)N=C(N)N. The molecule has 212 valence electrons. The van der Waals surface area contributed by atoms with Gasteiger partial charge >= 0.3 is 12.2 Å². The molecule has 0 unspecified atom stereocenters. The van der Waals surface area contributed by atoms with Gasteiger partial charge in [0.15, 0.2) is 15.8 Å². The van der Waals surface area contributed by atoms with Gasteiger partial charge in [0.25, 0.3) is 5.91 Å². The molecule has 0 radical (unpaired) electrons. The number of amides is 3. The van der Waals surface area contributed by atoms with Crippen molar-refractivity contribution in [1.82, 2.24) is 5.32 Å². The molecule has 6 N–H and O–H groups in total. The van der Waals surface area contributed by atoms with Crippen LogP contribution in [-0.4, -0.2) is 69.1 Å². The molecule has 1 aromatic carbocycles. The maximum atomic E-state index is 12.8. The zero-order valence-electron chi connectivity index (χ0n) is 22.9. The lowest BCUT2D eigenvalue weighted by Crippen LogP contribution is -2.46. The smallest absolute Gasteiger partial charge is 0.412 e. The fraction of sp³-hybridized carbons (Fsp3) is 0.583. The lowest BCUT2D eigenvalue weighted by atomic mass is 10.0. The van der Waals surface area contributed by atoms with Crippen LogP contribution in [0.15, 0.2) is 22.0 Å². The Kier molecular flexibility index (Phi) is 9.25. The van der Waals surface area contributed by atoms with E-state index in [2.05, 4.69) is 15.6 Å². The first-order valence-corrected chi connectivity index (χ1v) is 13.9. The number of hydrogen-bond donors (Lipinski definition) is 4. The third-order valence-corrected chi connectivity index (χ3v) is 6.28. The van der Waals surface area contributed by atoms with E-state index in [0.717, 1.165) is 12.3 Å². The molecule has 1 fully saturated rings. The molecule has 0 spiro atoms. The molecular weight excluding hydrogens is 516 g/mol. The molecule has 3 amide bonds. The monoisotopic (exact) mass is 554 g/mol. The molecule has 1 saturated heterocycles. The van der Waals surface area contributed by atoms with Crippen molar-refractivity contribution < 1.29 is 32.3 Å². The highest BCUT2D eigenvalue weighted by molar-refractivity contribution is 7.90. The number of guanidine groups is 1. The summed E-state index contributed by atoms with van der Waals surface area (Å²) in [6, 6.07) is 2.35. The molecule has 1 heterocycles. The molecular formula is C24H38N6O7S. The zero-order valence-corrected chi connectivity index (χ0v) is 23.7. The van der Waals surface area contributed by atoms with E-state index in [9.17, 15) is 22.8 Å². The standard InChI is InChI=1S/C24H38N6O7S/c1-23(2,3)36-21(32)27-14-8-10-30(11-9-14)17-13-16(28-22(33)37-24(4,5)6)15(19(31)29-20(25)26)12-18(17)38(7,34)35/h12-14H,8-11H2,1-7H3,(H,27,32)(H,28,33)(H4,25,26,29,31). The normalized spacial score (nSPS) is 14.9. The molecule has 0 saturated carbocycles. The van der Waals surface area contributed by atoms with E-state index in [1.54, 1.807) is 46.4 Å². The topological polar surface area (TPSA) is 196 Å². The van der Waals surface area contributed by atoms with Crippen molar-refractivity contribution in [3.63, 3.8) is 0 Å². The van der Waals surface area contributed by atoms with Crippen LogP contribution in [0.4, 0.5) is 21.0 Å². The Bertz CT molecular complexity index is 1200. The Morgan fingerprint density at radius 2 is 1.50 bits per heavy atom. The van der Waals surface area contributed by atoms with E-state index in [0.29, 0.717) is 25.9 Å². The maximum Gasteiger partial charge on any atom is 0.412 e. The molecule has 2 rings (SSSR count). The summed E-state index contributed by atoms with van der Waals surface area (Å²) >= 11 is 0. The van der Waals surface area contributed by atoms with Crippen LogP contribution >= 0.6 is 0 Å². The van der Waals surface area contributed by atoms with Gasteiger partial charge in [-0.05, 0) is 66.5 Å². The fourth-order valence-electron chi connectivity index (χ4n) is 3.72. The largest absolute Gasteiger partial charge is 0.444 e. The quantitative estimate of drug-likeness (QED) is 0.310. The Morgan fingerprint density at radius 3 is 1.97 bits per heavy atom. The van der Waals surface area contributed by atoms with Crippen molar-refractivity contribution in [3.05, 3.63) is 17.7 Å². The second-order valence-electron chi connectivity index (χ2n) is 11.0. The van der Waals surface area contributed by atoms with Crippen molar-refractivity contribution in [2.75, 3.05) is 29.6 Å². The fourth-order valence-corrected chi connectivity index (χ4v) is 4.62. The van der Waals surface area contributed by atoms with E-state index in [1.807, 2.05) is 0 Å². The van der Waals surface area contributed by atoms with Gasteiger partial charge in [-0.2, -0.15) is 4.99 Å². The first-order valence-electron chi connectivity index (χ1n) is 12.0.